The van der Waals surface area contributed by atoms with Crippen LogP contribution in [0.4, 0.5) is 5.69 Å². The lowest BCUT2D eigenvalue weighted by molar-refractivity contribution is 0.241. The number of aromatic hydroxyl groups is 1. The van der Waals surface area contributed by atoms with Crippen LogP contribution in [0.15, 0.2) is 18.2 Å². The lowest BCUT2D eigenvalue weighted by atomic mass is 10.1. The molecule has 0 heterocycles. The number of anilines is 1. The fourth-order valence-corrected chi connectivity index (χ4v) is 1.39. The lowest BCUT2D eigenvalue weighted by Crippen LogP contribution is -2.10. The molecule has 1 aromatic carbocycles. The second-order valence-corrected chi connectivity index (χ2v) is 3.68. The van der Waals surface area contributed by atoms with E-state index in [1.165, 1.54) is 0 Å². The highest BCUT2D eigenvalue weighted by molar-refractivity contribution is 5.61. The van der Waals surface area contributed by atoms with Crippen molar-refractivity contribution in [2.45, 2.75) is 26.7 Å². The van der Waals surface area contributed by atoms with Crippen molar-refractivity contribution in [3.05, 3.63) is 18.2 Å². The molecule has 3 N–H and O–H groups in total. The molecular weight excluding hydrogens is 190 g/mol. The van der Waals surface area contributed by atoms with Crippen LogP contribution in [-0.2, 0) is 0 Å². The Morgan fingerprint density at radius 1 is 1.33 bits per heavy atom. The Bertz CT molecular complexity index is 308. The van der Waals surface area contributed by atoms with Crippen molar-refractivity contribution in [2.24, 2.45) is 5.92 Å². The Labute approximate surface area is 90.9 Å². The summed E-state index contributed by atoms with van der Waals surface area (Å²) in [5.41, 5.74) is 6.00. The second kappa shape index (κ2) is 5.49. The maximum atomic E-state index is 9.37. The molecule has 0 amide bonds. The van der Waals surface area contributed by atoms with E-state index in [4.69, 9.17) is 10.5 Å². The molecule has 1 rings (SSSR count). The lowest BCUT2D eigenvalue weighted by Gasteiger charge is -2.15. The summed E-state index contributed by atoms with van der Waals surface area (Å²) in [7, 11) is 0. The van der Waals surface area contributed by atoms with Crippen molar-refractivity contribution in [3.8, 4) is 11.5 Å². The van der Waals surface area contributed by atoms with Crippen molar-refractivity contribution in [1.82, 2.24) is 0 Å². The molecule has 0 aliphatic heterocycles. The van der Waals surface area contributed by atoms with Gasteiger partial charge in [-0.25, -0.2) is 0 Å². The highest BCUT2D eigenvalue weighted by atomic mass is 16.5. The molecule has 3 heteroatoms. The molecule has 0 bridgehead atoms. The standard InChI is InChI=1S/C12H19NO2/c1-3-9(4-2)8-15-11-7-5-6-10(14)12(11)13/h5-7,9,14H,3-4,8,13H2,1-2H3. The van der Waals surface area contributed by atoms with Crippen LogP contribution < -0.4 is 10.5 Å². The molecule has 3 nitrogen and oxygen atoms in total. The third-order valence-corrected chi connectivity index (χ3v) is 2.67. The molecule has 0 saturated heterocycles. The topological polar surface area (TPSA) is 55.5 Å². The van der Waals surface area contributed by atoms with Crippen molar-refractivity contribution in [2.75, 3.05) is 12.3 Å². The van der Waals surface area contributed by atoms with Crippen LogP contribution in [0.25, 0.3) is 0 Å². The van der Waals surface area contributed by atoms with Gasteiger partial charge in [-0.3, -0.25) is 0 Å². The average Bonchev–Trinajstić information content (AvgIpc) is 2.25. The van der Waals surface area contributed by atoms with Gasteiger partial charge in [-0.2, -0.15) is 0 Å². The Kier molecular flexibility index (Phi) is 4.28. The monoisotopic (exact) mass is 209 g/mol. The van der Waals surface area contributed by atoms with Gasteiger partial charge in [0.1, 0.15) is 17.2 Å². The van der Waals surface area contributed by atoms with Gasteiger partial charge in [0.2, 0.25) is 0 Å². The highest BCUT2D eigenvalue weighted by Crippen LogP contribution is 2.30. The molecule has 0 fully saturated rings. The van der Waals surface area contributed by atoms with Crippen LogP contribution in [0.1, 0.15) is 26.7 Å². The normalized spacial score (nSPS) is 10.6. The summed E-state index contributed by atoms with van der Waals surface area (Å²) < 4.78 is 5.58. The fraction of sp³-hybridized carbons (Fsp3) is 0.500. The van der Waals surface area contributed by atoms with Crippen molar-refractivity contribution >= 4 is 5.69 Å². The third-order valence-electron chi connectivity index (χ3n) is 2.67. The van der Waals surface area contributed by atoms with Gasteiger partial charge < -0.3 is 15.6 Å². The van der Waals surface area contributed by atoms with Crippen LogP contribution >= 0.6 is 0 Å². The first kappa shape index (κ1) is 11.7. The number of nitrogen functional groups attached to an aromatic ring is 1. The summed E-state index contributed by atoms with van der Waals surface area (Å²) in [6.45, 7) is 4.94. The van der Waals surface area contributed by atoms with E-state index in [2.05, 4.69) is 13.8 Å². The highest BCUT2D eigenvalue weighted by Gasteiger charge is 2.08. The van der Waals surface area contributed by atoms with Gasteiger partial charge in [-0.15, -0.1) is 0 Å². The van der Waals surface area contributed by atoms with Crippen LogP contribution in [0.2, 0.25) is 0 Å². The van der Waals surface area contributed by atoms with Crippen molar-refractivity contribution < 1.29 is 9.84 Å². The number of ether oxygens (including phenoxy) is 1. The zero-order valence-corrected chi connectivity index (χ0v) is 9.36. The SMILES string of the molecule is CCC(CC)COc1cccc(O)c1N. The first-order valence-electron chi connectivity index (χ1n) is 5.39. The smallest absolute Gasteiger partial charge is 0.146 e. The van der Waals surface area contributed by atoms with Gasteiger partial charge in [-0.05, 0) is 18.1 Å². The van der Waals surface area contributed by atoms with Crippen LogP contribution in [0, 0.1) is 5.92 Å². The first-order valence-corrected chi connectivity index (χ1v) is 5.39. The molecule has 0 atom stereocenters. The molecule has 1 aromatic rings. The quantitative estimate of drug-likeness (QED) is 0.579. The van der Waals surface area contributed by atoms with Crippen LogP contribution in [-0.4, -0.2) is 11.7 Å². The molecule has 0 radical (unpaired) electrons. The number of hydrogen-bond acceptors (Lipinski definition) is 3. The molecule has 0 spiro atoms. The number of benzene rings is 1. The maximum absolute atomic E-state index is 9.37. The number of hydrogen-bond donors (Lipinski definition) is 2. The maximum Gasteiger partial charge on any atom is 0.146 e. The van der Waals surface area contributed by atoms with E-state index in [0.717, 1.165) is 12.8 Å². The van der Waals surface area contributed by atoms with Crippen LogP contribution in [0.5, 0.6) is 11.5 Å². The first-order chi connectivity index (χ1) is 7.19. The minimum absolute atomic E-state index is 0.0806. The summed E-state index contributed by atoms with van der Waals surface area (Å²) in [5, 5.41) is 9.37. The van der Waals surface area contributed by atoms with Crippen molar-refractivity contribution in [1.29, 1.82) is 0 Å². The number of phenols is 1. The molecule has 0 aromatic heterocycles. The second-order valence-electron chi connectivity index (χ2n) is 3.68. The van der Waals surface area contributed by atoms with E-state index in [1.807, 2.05) is 0 Å². The number of phenolic OH excluding ortho intramolecular Hbond substituents is 1. The summed E-state index contributed by atoms with van der Waals surface area (Å²) in [5.74, 6) is 1.20. The molecular formula is C12H19NO2. The summed E-state index contributed by atoms with van der Waals surface area (Å²) in [6.07, 6.45) is 2.18. The number of rotatable bonds is 5. The fourth-order valence-electron chi connectivity index (χ4n) is 1.39. The van der Waals surface area contributed by atoms with E-state index in [9.17, 15) is 5.11 Å². The molecule has 84 valence electrons. The van der Waals surface area contributed by atoms with Gasteiger partial charge >= 0.3 is 0 Å². The number of para-hydroxylation sites is 1. The Hall–Kier alpha value is -1.38. The molecule has 15 heavy (non-hydrogen) atoms. The minimum Gasteiger partial charge on any atom is -0.506 e. The molecule has 0 aliphatic rings. The van der Waals surface area contributed by atoms with Crippen molar-refractivity contribution in [3.63, 3.8) is 0 Å². The average molecular weight is 209 g/mol. The predicted molar refractivity (Wildman–Crippen MR) is 62.1 cm³/mol. The van der Waals surface area contributed by atoms with Gasteiger partial charge in [0.05, 0.1) is 6.61 Å². The zero-order chi connectivity index (χ0) is 11.3. The molecule has 0 unspecified atom stereocenters. The van der Waals surface area contributed by atoms with Crippen LogP contribution in [0.3, 0.4) is 0 Å². The minimum atomic E-state index is 0.0806. The Balaban J connectivity index is 2.61. The molecule has 0 saturated carbocycles. The van der Waals surface area contributed by atoms with E-state index in [1.54, 1.807) is 18.2 Å². The predicted octanol–water partition coefficient (Wildman–Crippen LogP) is 2.79. The Morgan fingerprint density at radius 3 is 2.60 bits per heavy atom. The third kappa shape index (κ3) is 3.05. The number of nitrogens with two attached hydrogens (primary N) is 1. The van der Waals surface area contributed by atoms with E-state index in [-0.39, 0.29) is 5.75 Å². The van der Waals surface area contributed by atoms with Gasteiger partial charge in [-0.1, -0.05) is 32.8 Å². The van der Waals surface area contributed by atoms with E-state index in [0.29, 0.717) is 24.0 Å². The van der Waals surface area contributed by atoms with Gasteiger partial charge in [0, 0.05) is 0 Å². The Morgan fingerprint density at radius 2 is 2.00 bits per heavy atom. The van der Waals surface area contributed by atoms with Gasteiger partial charge in [0.15, 0.2) is 0 Å². The summed E-state index contributed by atoms with van der Waals surface area (Å²) >= 11 is 0. The summed E-state index contributed by atoms with van der Waals surface area (Å²) in [6, 6.07) is 5.06. The van der Waals surface area contributed by atoms with E-state index >= 15 is 0 Å². The van der Waals surface area contributed by atoms with E-state index < -0.39 is 0 Å². The zero-order valence-electron chi connectivity index (χ0n) is 9.36. The summed E-state index contributed by atoms with van der Waals surface area (Å²) in [4.78, 5) is 0. The molecule has 0 aliphatic carbocycles. The largest absolute Gasteiger partial charge is 0.506 e. The van der Waals surface area contributed by atoms with Gasteiger partial charge in [0.25, 0.3) is 0 Å².